The topological polar surface area (TPSA) is 149 Å². The van der Waals surface area contributed by atoms with Crippen molar-refractivity contribution < 1.29 is 19.0 Å². The number of rotatable bonds is 7. The van der Waals surface area contributed by atoms with E-state index in [0.717, 1.165) is 16.9 Å². The van der Waals surface area contributed by atoms with Gasteiger partial charge in [-0.05, 0) is 48.9 Å². The second kappa shape index (κ2) is 8.73. The number of nitriles is 1. The van der Waals surface area contributed by atoms with Gasteiger partial charge in [-0.15, -0.1) is 5.10 Å². The van der Waals surface area contributed by atoms with E-state index in [4.69, 9.17) is 25.7 Å². The van der Waals surface area contributed by atoms with Crippen molar-refractivity contribution in [2.75, 3.05) is 13.2 Å². The van der Waals surface area contributed by atoms with Crippen molar-refractivity contribution >= 4 is 5.91 Å². The van der Waals surface area contributed by atoms with Gasteiger partial charge in [0.1, 0.15) is 23.1 Å². The van der Waals surface area contributed by atoms with Crippen molar-refractivity contribution in [3.8, 4) is 34.7 Å². The SMILES string of the molecule is CCOc1ccc(-c2[nH]nc3c2[C@@H](c2ccc(OCC(N)=O)cc2)C(C#N)=C(N)O3)cc1. The van der Waals surface area contributed by atoms with Crippen LogP contribution in [0.25, 0.3) is 11.3 Å². The summed E-state index contributed by atoms with van der Waals surface area (Å²) in [6.07, 6.45) is 0. The molecule has 0 spiro atoms. The van der Waals surface area contributed by atoms with Crippen molar-refractivity contribution in [2.24, 2.45) is 11.5 Å². The van der Waals surface area contributed by atoms with Gasteiger partial charge in [0.15, 0.2) is 6.61 Å². The number of nitrogens with zero attached hydrogens (tertiary/aromatic N) is 2. The minimum Gasteiger partial charge on any atom is -0.494 e. The Labute approximate surface area is 184 Å². The monoisotopic (exact) mass is 431 g/mol. The molecular formula is C23H21N5O4. The van der Waals surface area contributed by atoms with Crippen molar-refractivity contribution in [2.45, 2.75) is 12.8 Å². The molecule has 9 heteroatoms. The lowest BCUT2D eigenvalue weighted by atomic mass is 9.83. The number of fused-ring (bicyclic) bond motifs is 1. The molecule has 5 N–H and O–H groups in total. The Hall–Kier alpha value is -4.45. The van der Waals surface area contributed by atoms with Crippen LogP contribution in [0.3, 0.4) is 0 Å². The maximum absolute atomic E-state index is 11.0. The number of carbonyl (C=O) groups is 1. The molecule has 1 aromatic heterocycles. The van der Waals surface area contributed by atoms with E-state index in [2.05, 4.69) is 16.3 Å². The van der Waals surface area contributed by atoms with Gasteiger partial charge in [0.05, 0.1) is 23.8 Å². The number of H-pyrrole nitrogens is 1. The van der Waals surface area contributed by atoms with Crippen LogP contribution in [0.2, 0.25) is 0 Å². The maximum Gasteiger partial charge on any atom is 0.255 e. The number of primary amides is 1. The fourth-order valence-corrected chi connectivity index (χ4v) is 3.59. The molecule has 4 rings (SSSR count). The summed E-state index contributed by atoms with van der Waals surface area (Å²) >= 11 is 0. The number of hydrogen-bond acceptors (Lipinski definition) is 7. The zero-order valence-corrected chi connectivity index (χ0v) is 17.3. The highest BCUT2D eigenvalue weighted by molar-refractivity contribution is 5.75. The number of aromatic amines is 1. The molecule has 0 bridgehead atoms. The van der Waals surface area contributed by atoms with Gasteiger partial charge in [-0.1, -0.05) is 12.1 Å². The summed E-state index contributed by atoms with van der Waals surface area (Å²) in [4.78, 5) is 11.0. The highest BCUT2D eigenvalue weighted by atomic mass is 16.5. The van der Waals surface area contributed by atoms with E-state index in [9.17, 15) is 10.1 Å². The number of nitrogens with two attached hydrogens (primary N) is 2. The fourth-order valence-electron chi connectivity index (χ4n) is 3.59. The third kappa shape index (κ3) is 3.94. The van der Waals surface area contributed by atoms with Crippen molar-refractivity contribution in [1.82, 2.24) is 10.2 Å². The second-order valence-electron chi connectivity index (χ2n) is 7.02. The standard InChI is InChI=1S/C23H21N5O4/c1-2-30-15-9-5-14(6-10-15)21-20-19(17(11-24)22(26)32-23(20)28-27-21)13-3-7-16(8-4-13)31-12-18(25)29/h3-10,19H,2,12,26H2,1H3,(H2,25,29)(H,27,28)/t19-/m0/s1. The van der Waals surface area contributed by atoms with E-state index >= 15 is 0 Å². The number of carbonyl (C=O) groups excluding carboxylic acids is 1. The quantitative estimate of drug-likeness (QED) is 0.520. The lowest BCUT2D eigenvalue weighted by Crippen LogP contribution is -2.21. The number of ether oxygens (including phenoxy) is 3. The van der Waals surface area contributed by atoms with Gasteiger partial charge in [0, 0.05) is 5.56 Å². The average molecular weight is 431 g/mol. The second-order valence-corrected chi connectivity index (χ2v) is 7.02. The minimum absolute atomic E-state index is 0.00352. The van der Waals surface area contributed by atoms with E-state index in [-0.39, 0.29) is 18.1 Å². The van der Waals surface area contributed by atoms with Crippen molar-refractivity contribution in [1.29, 1.82) is 5.26 Å². The predicted octanol–water partition coefficient (Wildman–Crippen LogP) is 2.56. The summed E-state index contributed by atoms with van der Waals surface area (Å²) in [6.45, 7) is 2.27. The zero-order valence-electron chi connectivity index (χ0n) is 17.3. The van der Waals surface area contributed by atoms with Gasteiger partial charge in [0.2, 0.25) is 11.8 Å². The Morgan fingerprint density at radius 2 is 1.81 bits per heavy atom. The van der Waals surface area contributed by atoms with Gasteiger partial charge in [-0.3, -0.25) is 9.89 Å². The lowest BCUT2D eigenvalue weighted by molar-refractivity contribution is -0.119. The first-order valence-corrected chi connectivity index (χ1v) is 9.92. The van der Waals surface area contributed by atoms with E-state index in [1.807, 2.05) is 31.2 Å². The molecule has 1 atom stereocenters. The Morgan fingerprint density at radius 1 is 1.16 bits per heavy atom. The average Bonchev–Trinajstić information content (AvgIpc) is 3.21. The molecule has 0 aliphatic carbocycles. The Bertz CT molecular complexity index is 1210. The van der Waals surface area contributed by atoms with E-state index in [1.165, 1.54) is 0 Å². The third-order valence-electron chi connectivity index (χ3n) is 4.99. The third-order valence-corrected chi connectivity index (χ3v) is 4.99. The largest absolute Gasteiger partial charge is 0.494 e. The molecular weight excluding hydrogens is 410 g/mol. The number of benzene rings is 2. The summed E-state index contributed by atoms with van der Waals surface area (Å²) < 4.78 is 16.5. The number of aromatic nitrogens is 2. The molecule has 32 heavy (non-hydrogen) atoms. The first-order chi connectivity index (χ1) is 15.5. The Balaban J connectivity index is 1.75. The highest BCUT2D eigenvalue weighted by Gasteiger charge is 2.35. The van der Waals surface area contributed by atoms with Gasteiger partial charge >= 0.3 is 0 Å². The number of nitrogens with one attached hydrogen (secondary N) is 1. The van der Waals surface area contributed by atoms with Crippen LogP contribution < -0.4 is 25.7 Å². The van der Waals surface area contributed by atoms with Crippen molar-refractivity contribution in [3.05, 3.63) is 71.1 Å². The minimum atomic E-state index is -0.566. The summed E-state index contributed by atoms with van der Waals surface area (Å²) in [6, 6.07) is 16.7. The molecule has 1 amide bonds. The number of allylic oxidation sites excluding steroid dienone is 1. The van der Waals surface area contributed by atoms with Gasteiger partial charge in [0.25, 0.3) is 5.91 Å². The molecule has 162 valence electrons. The molecule has 0 radical (unpaired) electrons. The molecule has 2 aromatic carbocycles. The van der Waals surface area contributed by atoms with Crippen LogP contribution in [-0.4, -0.2) is 29.3 Å². The normalized spacial score (nSPS) is 14.8. The van der Waals surface area contributed by atoms with E-state index in [1.54, 1.807) is 24.3 Å². The predicted molar refractivity (Wildman–Crippen MR) is 116 cm³/mol. The first-order valence-electron chi connectivity index (χ1n) is 9.92. The maximum atomic E-state index is 11.0. The van der Waals surface area contributed by atoms with Crippen LogP contribution in [-0.2, 0) is 4.79 Å². The molecule has 9 nitrogen and oxygen atoms in total. The molecule has 0 saturated carbocycles. The molecule has 3 aromatic rings. The van der Waals surface area contributed by atoms with Crippen molar-refractivity contribution in [3.63, 3.8) is 0 Å². The van der Waals surface area contributed by atoms with Crippen LogP contribution in [0.4, 0.5) is 0 Å². The van der Waals surface area contributed by atoms with Crippen LogP contribution in [0, 0.1) is 11.3 Å². The van der Waals surface area contributed by atoms with Crippen LogP contribution in [0.5, 0.6) is 17.4 Å². The van der Waals surface area contributed by atoms with Crippen LogP contribution in [0.1, 0.15) is 24.0 Å². The van der Waals surface area contributed by atoms with Gasteiger partial charge < -0.3 is 25.7 Å². The summed E-state index contributed by atoms with van der Waals surface area (Å²) in [5.74, 6) is 0.478. The molecule has 0 fully saturated rings. The van der Waals surface area contributed by atoms with E-state index < -0.39 is 11.8 Å². The van der Waals surface area contributed by atoms with E-state index in [0.29, 0.717) is 29.5 Å². The highest BCUT2D eigenvalue weighted by Crippen LogP contribution is 2.45. The number of hydrogen-bond donors (Lipinski definition) is 3. The molecule has 0 unspecified atom stereocenters. The fraction of sp³-hybridized carbons (Fsp3) is 0.174. The molecule has 1 aliphatic rings. The Morgan fingerprint density at radius 3 is 2.44 bits per heavy atom. The zero-order chi connectivity index (χ0) is 22.7. The summed E-state index contributed by atoms with van der Waals surface area (Å²) in [5.41, 5.74) is 14.5. The Kier molecular flexibility index (Phi) is 5.68. The van der Waals surface area contributed by atoms with Gasteiger partial charge in [-0.25, -0.2) is 0 Å². The summed E-state index contributed by atoms with van der Waals surface area (Å²) in [5, 5.41) is 17.1. The summed E-state index contributed by atoms with van der Waals surface area (Å²) in [7, 11) is 0. The van der Waals surface area contributed by atoms with Crippen LogP contribution in [0.15, 0.2) is 60.0 Å². The first kappa shape index (κ1) is 20.8. The molecule has 1 aliphatic heterocycles. The molecule has 2 heterocycles. The van der Waals surface area contributed by atoms with Gasteiger partial charge in [-0.2, -0.15) is 5.26 Å². The lowest BCUT2D eigenvalue weighted by Gasteiger charge is -2.24. The van der Waals surface area contributed by atoms with Crippen LogP contribution >= 0.6 is 0 Å². The smallest absolute Gasteiger partial charge is 0.255 e. The molecule has 0 saturated heterocycles. The number of amides is 1.